The van der Waals surface area contributed by atoms with Gasteiger partial charge in [-0.3, -0.25) is 0 Å². The van der Waals surface area contributed by atoms with Gasteiger partial charge in [0.2, 0.25) is 0 Å². The molecule has 0 radical (unpaired) electrons. The van der Waals surface area contributed by atoms with Gasteiger partial charge in [0, 0.05) is 5.57 Å². The Bertz CT molecular complexity index is 228. The Kier molecular flexibility index (Phi) is 6.56. The summed E-state index contributed by atoms with van der Waals surface area (Å²) in [6.45, 7) is 2.42. The van der Waals surface area contributed by atoms with Crippen molar-refractivity contribution in [3.63, 3.8) is 0 Å². The van der Waals surface area contributed by atoms with Crippen LogP contribution in [0.5, 0.6) is 0 Å². The third kappa shape index (κ3) is 7.04. The van der Waals surface area contributed by atoms with Gasteiger partial charge >= 0.3 is 5.97 Å². The summed E-state index contributed by atoms with van der Waals surface area (Å²) >= 11 is 0. The molecule has 0 saturated heterocycles. The van der Waals surface area contributed by atoms with Gasteiger partial charge in [-0.15, -0.1) is 0 Å². The van der Waals surface area contributed by atoms with Gasteiger partial charge < -0.3 is 9.84 Å². The van der Waals surface area contributed by atoms with Gasteiger partial charge in [-0.25, -0.2) is 4.79 Å². The van der Waals surface area contributed by atoms with Crippen molar-refractivity contribution in [1.29, 1.82) is 5.26 Å². The van der Waals surface area contributed by atoms with Crippen LogP contribution >= 0.6 is 0 Å². The SMILES string of the molecule is CC(=CCCOCCC#N)C(=O)O. The molecule has 0 saturated carbocycles. The lowest BCUT2D eigenvalue weighted by Crippen LogP contribution is -1.98. The maximum atomic E-state index is 10.3. The fourth-order valence-electron chi connectivity index (χ4n) is 0.666. The highest BCUT2D eigenvalue weighted by molar-refractivity contribution is 5.85. The molecule has 13 heavy (non-hydrogen) atoms. The van der Waals surface area contributed by atoms with E-state index >= 15 is 0 Å². The molecule has 0 heterocycles. The number of hydrogen-bond acceptors (Lipinski definition) is 3. The van der Waals surface area contributed by atoms with Gasteiger partial charge in [0.05, 0.1) is 25.7 Å². The topological polar surface area (TPSA) is 70.3 Å². The highest BCUT2D eigenvalue weighted by atomic mass is 16.5. The summed E-state index contributed by atoms with van der Waals surface area (Å²) in [4.78, 5) is 10.3. The van der Waals surface area contributed by atoms with E-state index in [4.69, 9.17) is 15.1 Å². The summed E-state index contributed by atoms with van der Waals surface area (Å²) in [6, 6.07) is 1.95. The number of aliphatic carboxylic acids is 1. The lowest BCUT2D eigenvalue weighted by Gasteiger charge is -1.97. The number of carbonyl (C=O) groups is 1. The lowest BCUT2D eigenvalue weighted by molar-refractivity contribution is -0.132. The van der Waals surface area contributed by atoms with Gasteiger partial charge in [0.25, 0.3) is 0 Å². The van der Waals surface area contributed by atoms with Crippen molar-refractivity contribution in [3.8, 4) is 6.07 Å². The van der Waals surface area contributed by atoms with E-state index in [0.717, 1.165) is 0 Å². The van der Waals surface area contributed by atoms with Crippen molar-refractivity contribution < 1.29 is 14.6 Å². The Morgan fingerprint density at radius 3 is 2.85 bits per heavy atom. The zero-order chi connectivity index (χ0) is 10.1. The van der Waals surface area contributed by atoms with E-state index in [0.29, 0.717) is 31.6 Å². The zero-order valence-electron chi connectivity index (χ0n) is 7.62. The van der Waals surface area contributed by atoms with Crippen molar-refractivity contribution in [1.82, 2.24) is 0 Å². The number of rotatable bonds is 6. The maximum Gasteiger partial charge on any atom is 0.330 e. The van der Waals surface area contributed by atoms with Gasteiger partial charge in [0.15, 0.2) is 0 Å². The number of hydrogen-bond donors (Lipinski definition) is 1. The number of nitriles is 1. The minimum atomic E-state index is -0.906. The van der Waals surface area contributed by atoms with Gasteiger partial charge in [-0.2, -0.15) is 5.26 Å². The average Bonchev–Trinajstić information content (AvgIpc) is 2.10. The van der Waals surface area contributed by atoms with Crippen molar-refractivity contribution in [3.05, 3.63) is 11.6 Å². The highest BCUT2D eigenvalue weighted by Crippen LogP contribution is 1.95. The number of carboxylic acid groups (broad SMARTS) is 1. The molecule has 72 valence electrons. The molecule has 0 aromatic heterocycles. The van der Waals surface area contributed by atoms with E-state index in [1.54, 1.807) is 6.08 Å². The van der Waals surface area contributed by atoms with Crippen LogP contribution in [0.15, 0.2) is 11.6 Å². The number of ether oxygens (including phenoxy) is 1. The van der Waals surface area contributed by atoms with Crippen LogP contribution in [0.25, 0.3) is 0 Å². The molecule has 0 aliphatic carbocycles. The van der Waals surface area contributed by atoms with Crippen LogP contribution in [-0.2, 0) is 9.53 Å². The quantitative estimate of drug-likeness (QED) is 0.498. The first-order valence-electron chi connectivity index (χ1n) is 4.03. The van der Waals surface area contributed by atoms with Crippen LogP contribution in [-0.4, -0.2) is 24.3 Å². The maximum absolute atomic E-state index is 10.3. The van der Waals surface area contributed by atoms with Crippen LogP contribution in [0.2, 0.25) is 0 Å². The normalized spacial score (nSPS) is 10.9. The lowest BCUT2D eigenvalue weighted by atomic mass is 10.2. The molecule has 0 aliphatic rings. The fourth-order valence-corrected chi connectivity index (χ4v) is 0.666. The van der Waals surface area contributed by atoms with Crippen molar-refractivity contribution in [2.24, 2.45) is 0 Å². The van der Waals surface area contributed by atoms with Crippen LogP contribution < -0.4 is 0 Å². The van der Waals surface area contributed by atoms with E-state index in [2.05, 4.69) is 0 Å². The van der Waals surface area contributed by atoms with Crippen LogP contribution in [0.3, 0.4) is 0 Å². The zero-order valence-corrected chi connectivity index (χ0v) is 7.62. The molecular formula is C9H13NO3. The van der Waals surface area contributed by atoms with Gasteiger partial charge in [0.1, 0.15) is 0 Å². The third-order valence-corrected chi connectivity index (χ3v) is 1.41. The van der Waals surface area contributed by atoms with E-state index in [9.17, 15) is 4.79 Å². The molecule has 0 unspecified atom stereocenters. The monoisotopic (exact) mass is 183 g/mol. The fraction of sp³-hybridized carbons (Fsp3) is 0.556. The predicted molar refractivity (Wildman–Crippen MR) is 47.1 cm³/mol. The first-order chi connectivity index (χ1) is 6.18. The van der Waals surface area contributed by atoms with Crippen molar-refractivity contribution in [2.45, 2.75) is 19.8 Å². The van der Waals surface area contributed by atoms with Gasteiger partial charge in [-0.05, 0) is 13.3 Å². The minimum Gasteiger partial charge on any atom is -0.478 e. The van der Waals surface area contributed by atoms with E-state index in [1.807, 2.05) is 6.07 Å². The third-order valence-electron chi connectivity index (χ3n) is 1.41. The van der Waals surface area contributed by atoms with Crippen LogP contribution in [0.1, 0.15) is 19.8 Å². The Morgan fingerprint density at radius 1 is 1.62 bits per heavy atom. The molecule has 0 fully saturated rings. The largest absolute Gasteiger partial charge is 0.478 e. The summed E-state index contributed by atoms with van der Waals surface area (Å²) < 4.78 is 5.04. The average molecular weight is 183 g/mol. The smallest absolute Gasteiger partial charge is 0.330 e. The summed E-state index contributed by atoms with van der Waals surface area (Å²) in [6.07, 6.45) is 2.56. The van der Waals surface area contributed by atoms with E-state index < -0.39 is 5.97 Å². The second kappa shape index (κ2) is 7.32. The Balaban J connectivity index is 3.40. The minimum absolute atomic E-state index is 0.323. The Hall–Kier alpha value is -1.34. The molecule has 0 aliphatic heterocycles. The Morgan fingerprint density at radius 2 is 2.31 bits per heavy atom. The summed E-state index contributed by atoms with van der Waals surface area (Å²) in [7, 11) is 0. The van der Waals surface area contributed by atoms with Crippen molar-refractivity contribution in [2.75, 3.05) is 13.2 Å². The first-order valence-corrected chi connectivity index (χ1v) is 4.03. The second-order valence-electron chi connectivity index (χ2n) is 2.50. The number of nitrogens with zero attached hydrogens (tertiary/aromatic N) is 1. The molecule has 1 N–H and O–H groups in total. The molecule has 0 aromatic rings. The Labute approximate surface area is 77.4 Å². The van der Waals surface area contributed by atoms with E-state index in [1.165, 1.54) is 6.92 Å². The summed E-state index contributed by atoms with van der Waals surface area (Å²) in [5.41, 5.74) is 0.323. The molecule has 4 heteroatoms. The summed E-state index contributed by atoms with van der Waals surface area (Å²) in [5.74, 6) is -0.906. The molecule has 0 rings (SSSR count). The molecular weight excluding hydrogens is 170 g/mol. The highest BCUT2D eigenvalue weighted by Gasteiger charge is 1.97. The standard InChI is InChI=1S/C9H13NO3/c1-8(9(11)12)4-2-6-13-7-3-5-10/h4H,2-3,6-7H2,1H3,(H,11,12). The molecule has 0 bridgehead atoms. The predicted octanol–water partition coefficient (Wildman–Crippen LogP) is 1.34. The van der Waals surface area contributed by atoms with Crippen molar-refractivity contribution >= 4 is 5.97 Å². The van der Waals surface area contributed by atoms with Gasteiger partial charge in [-0.1, -0.05) is 6.08 Å². The van der Waals surface area contributed by atoms with Crippen LogP contribution in [0, 0.1) is 11.3 Å². The molecule has 0 aromatic carbocycles. The molecule has 4 nitrogen and oxygen atoms in total. The van der Waals surface area contributed by atoms with E-state index in [-0.39, 0.29) is 0 Å². The molecule has 0 spiro atoms. The second-order valence-corrected chi connectivity index (χ2v) is 2.50. The van der Waals surface area contributed by atoms with Crippen LogP contribution in [0.4, 0.5) is 0 Å². The first kappa shape index (κ1) is 11.7. The summed E-state index contributed by atoms with van der Waals surface area (Å²) in [5, 5.41) is 16.6. The molecule has 0 amide bonds. The molecule has 0 atom stereocenters. The number of carboxylic acids is 1.